The highest BCUT2D eigenvalue weighted by Gasteiger charge is 2.19. The molecule has 0 unspecified atom stereocenters. The van der Waals surface area contributed by atoms with Crippen LogP contribution in [0.3, 0.4) is 0 Å². The third kappa shape index (κ3) is 3.58. The van der Waals surface area contributed by atoms with E-state index >= 15 is 0 Å². The third-order valence-electron chi connectivity index (χ3n) is 3.73. The molecule has 2 rings (SSSR count). The Labute approximate surface area is 134 Å². The Morgan fingerprint density at radius 3 is 2.57 bits per heavy atom. The molecule has 2 aromatic rings. The number of carboxylic acids is 1. The molecule has 0 aromatic carbocycles. The van der Waals surface area contributed by atoms with Crippen LogP contribution in [0.2, 0.25) is 0 Å². The minimum atomic E-state index is -1.00. The van der Waals surface area contributed by atoms with Crippen LogP contribution in [0.1, 0.15) is 34.4 Å². The van der Waals surface area contributed by atoms with E-state index in [2.05, 4.69) is 10.2 Å². The predicted octanol–water partition coefficient (Wildman–Crippen LogP) is 1.07. The molecule has 0 aliphatic heterocycles. The molecule has 1 amide bonds. The lowest BCUT2D eigenvalue weighted by atomic mass is 10.2. The highest BCUT2D eigenvalue weighted by molar-refractivity contribution is 5.92. The summed E-state index contributed by atoms with van der Waals surface area (Å²) in [4.78, 5) is 24.6. The van der Waals surface area contributed by atoms with Crippen molar-refractivity contribution in [1.82, 2.24) is 24.5 Å². The fraction of sp³-hybridized carbons (Fsp3) is 0.467. The van der Waals surface area contributed by atoms with Crippen LogP contribution in [0.15, 0.2) is 12.3 Å². The highest BCUT2D eigenvalue weighted by atomic mass is 16.4. The Balaban J connectivity index is 2.12. The summed E-state index contributed by atoms with van der Waals surface area (Å²) in [6.45, 7) is 6.88. The zero-order valence-corrected chi connectivity index (χ0v) is 13.8. The van der Waals surface area contributed by atoms with Crippen LogP contribution < -0.4 is 0 Å². The smallest absolute Gasteiger partial charge is 0.325 e. The van der Waals surface area contributed by atoms with Gasteiger partial charge in [0.1, 0.15) is 12.2 Å². The molecule has 0 spiro atoms. The van der Waals surface area contributed by atoms with E-state index in [-0.39, 0.29) is 18.1 Å². The van der Waals surface area contributed by atoms with Gasteiger partial charge in [-0.15, -0.1) is 0 Å². The number of amides is 1. The lowest BCUT2D eigenvalue weighted by molar-refractivity contribution is -0.137. The summed E-state index contributed by atoms with van der Waals surface area (Å²) < 4.78 is 3.14. The zero-order valence-electron chi connectivity index (χ0n) is 13.8. The number of rotatable bonds is 6. The first-order valence-corrected chi connectivity index (χ1v) is 7.37. The SMILES string of the molecule is CCn1nc(C)c(CN(C)C(=O)c2ccn(CC(=O)O)n2)c1C. The van der Waals surface area contributed by atoms with Gasteiger partial charge in [0, 0.05) is 37.6 Å². The standard InChI is InChI=1S/C15H21N5O3/c1-5-20-11(3)12(10(2)16-20)8-18(4)15(23)13-6-7-19(17-13)9-14(21)22/h6-7H,5,8-9H2,1-4H3,(H,21,22). The zero-order chi connectivity index (χ0) is 17.1. The van der Waals surface area contributed by atoms with Crippen LogP contribution >= 0.6 is 0 Å². The Morgan fingerprint density at radius 1 is 1.30 bits per heavy atom. The fourth-order valence-corrected chi connectivity index (χ4v) is 2.48. The van der Waals surface area contributed by atoms with Crippen LogP contribution in [0, 0.1) is 13.8 Å². The van der Waals surface area contributed by atoms with Gasteiger partial charge in [-0.05, 0) is 26.8 Å². The lowest BCUT2D eigenvalue weighted by Gasteiger charge is -2.16. The third-order valence-corrected chi connectivity index (χ3v) is 3.73. The molecule has 124 valence electrons. The number of aliphatic carboxylic acids is 1. The van der Waals surface area contributed by atoms with Crippen LogP contribution in [0.25, 0.3) is 0 Å². The van der Waals surface area contributed by atoms with Crippen molar-refractivity contribution >= 4 is 11.9 Å². The van der Waals surface area contributed by atoms with Crippen molar-refractivity contribution in [1.29, 1.82) is 0 Å². The molecule has 0 bridgehead atoms. The van der Waals surface area contributed by atoms with Gasteiger partial charge < -0.3 is 10.0 Å². The normalized spacial score (nSPS) is 10.8. The van der Waals surface area contributed by atoms with E-state index < -0.39 is 5.97 Å². The molecule has 0 aliphatic rings. The Morgan fingerprint density at radius 2 is 2.00 bits per heavy atom. The van der Waals surface area contributed by atoms with Gasteiger partial charge in [-0.3, -0.25) is 19.0 Å². The van der Waals surface area contributed by atoms with Crippen molar-refractivity contribution in [2.24, 2.45) is 0 Å². The second kappa shape index (κ2) is 6.64. The maximum Gasteiger partial charge on any atom is 0.325 e. The molecule has 8 heteroatoms. The number of carbonyl (C=O) groups is 2. The first kappa shape index (κ1) is 16.7. The quantitative estimate of drug-likeness (QED) is 0.860. The van der Waals surface area contributed by atoms with E-state index in [9.17, 15) is 9.59 Å². The van der Waals surface area contributed by atoms with Gasteiger partial charge in [0.05, 0.1) is 5.69 Å². The minimum absolute atomic E-state index is 0.229. The van der Waals surface area contributed by atoms with Crippen molar-refractivity contribution in [3.05, 3.63) is 34.9 Å². The molecule has 0 aliphatic carbocycles. The lowest BCUT2D eigenvalue weighted by Crippen LogP contribution is -2.27. The molecule has 2 heterocycles. The Bertz CT molecular complexity index is 732. The molecule has 8 nitrogen and oxygen atoms in total. The van der Waals surface area contributed by atoms with Crippen molar-refractivity contribution in [3.8, 4) is 0 Å². The second-order valence-electron chi connectivity index (χ2n) is 5.42. The first-order valence-electron chi connectivity index (χ1n) is 7.37. The molecule has 0 saturated heterocycles. The van der Waals surface area contributed by atoms with Crippen LogP contribution in [-0.2, 0) is 24.4 Å². The number of carboxylic acid groups (broad SMARTS) is 1. The Kier molecular flexibility index (Phi) is 4.83. The van der Waals surface area contributed by atoms with Crippen molar-refractivity contribution in [3.63, 3.8) is 0 Å². The Hall–Kier alpha value is -2.64. The maximum atomic E-state index is 12.4. The van der Waals surface area contributed by atoms with Gasteiger partial charge in [0.15, 0.2) is 0 Å². The topological polar surface area (TPSA) is 93.2 Å². The number of aryl methyl sites for hydroxylation is 2. The van der Waals surface area contributed by atoms with Gasteiger partial charge in [0.2, 0.25) is 0 Å². The van der Waals surface area contributed by atoms with Crippen molar-refractivity contribution in [2.45, 2.75) is 40.4 Å². The summed E-state index contributed by atoms with van der Waals surface area (Å²) in [5.74, 6) is -1.25. The van der Waals surface area contributed by atoms with E-state index in [1.54, 1.807) is 11.9 Å². The van der Waals surface area contributed by atoms with Crippen LogP contribution in [0.5, 0.6) is 0 Å². The van der Waals surface area contributed by atoms with E-state index in [1.807, 2.05) is 25.5 Å². The monoisotopic (exact) mass is 319 g/mol. The largest absolute Gasteiger partial charge is 0.480 e. The number of hydrogen-bond donors (Lipinski definition) is 1. The molecule has 23 heavy (non-hydrogen) atoms. The fourth-order valence-electron chi connectivity index (χ4n) is 2.48. The van der Waals surface area contributed by atoms with Crippen LogP contribution in [0.4, 0.5) is 0 Å². The maximum absolute atomic E-state index is 12.4. The van der Waals surface area contributed by atoms with Gasteiger partial charge in [-0.2, -0.15) is 10.2 Å². The van der Waals surface area contributed by atoms with E-state index in [1.165, 1.54) is 16.9 Å². The number of nitrogens with zero attached hydrogens (tertiary/aromatic N) is 5. The molecular weight excluding hydrogens is 298 g/mol. The molecule has 0 atom stereocenters. The molecular formula is C15H21N5O3. The predicted molar refractivity (Wildman–Crippen MR) is 83.0 cm³/mol. The minimum Gasteiger partial charge on any atom is -0.480 e. The summed E-state index contributed by atoms with van der Waals surface area (Å²) in [5.41, 5.74) is 3.20. The summed E-state index contributed by atoms with van der Waals surface area (Å²) in [6, 6.07) is 1.52. The number of aromatic nitrogens is 4. The van der Waals surface area contributed by atoms with Gasteiger partial charge in [-0.25, -0.2) is 0 Å². The van der Waals surface area contributed by atoms with Gasteiger partial charge in [-0.1, -0.05) is 0 Å². The van der Waals surface area contributed by atoms with E-state index in [4.69, 9.17) is 5.11 Å². The summed E-state index contributed by atoms with van der Waals surface area (Å²) in [7, 11) is 1.70. The number of carbonyl (C=O) groups excluding carboxylic acids is 1. The van der Waals surface area contributed by atoms with Crippen LogP contribution in [-0.4, -0.2) is 48.5 Å². The first-order chi connectivity index (χ1) is 10.8. The molecule has 0 fully saturated rings. The van der Waals surface area contributed by atoms with Gasteiger partial charge in [0.25, 0.3) is 5.91 Å². The average Bonchev–Trinajstić information content (AvgIpc) is 3.05. The highest BCUT2D eigenvalue weighted by Crippen LogP contribution is 2.16. The van der Waals surface area contributed by atoms with Gasteiger partial charge >= 0.3 is 5.97 Å². The summed E-state index contributed by atoms with van der Waals surface area (Å²) in [6.07, 6.45) is 1.49. The molecule has 0 saturated carbocycles. The second-order valence-corrected chi connectivity index (χ2v) is 5.42. The summed E-state index contributed by atoms with van der Waals surface area (Å²) >= 11 is 0. The number of hydrogen-bond acceptors (Lipinski definition) is 4. The van der Waals surface area contributed by atoms with E-state index in [0.29, 0.717) is 6.54 Å². The average molecular weight is 319 g/mol. The molecule has 2 aromatic heterocycles. The van der Waals surface area contributed by atoms with E-state index in [0.717, 1.165) is 23.5 Å². The molecule has 0 radical (unpaired) electrons. The van der Waals surface area contributed by atoms with Crippen molar-refractivity contribution in [2.75, 3.05) is 7.05 Å². The van der Waals surface area contributed by atoms with Crippen molar-refractivity contribution < 1.29 is 14.7 Å². The summed E-state index contributed by atoms with van der Waals surface area (Å²) in [5, 5.41) is 17.2. The molecule has 1 N–H and O–H groups in total.